The molecule has 0 saturated carbocycles. The van der Waals surface area contributed by atoms with Gasteiger partial charge in [-0.2, -0.15) is 0 Å². The number of rotatable bonds is 4. The van der Waals surface area contributed by atoms with Crippen LogP contribution in [0.15, 0.2) is 169 Å². The van der Waals surface area contributed by atoms with Crippen molar-refractivity contribution in [2.75, 3.05) is 0 Å². The molecule has 10 rings (SSSR count). The van der Waals surface area contributed by atoms with Gasteiger partial charge in [-0.25, -0.2) is 4.99 Å². The van der Waals surface area contributed by atoms with Gasteiger partial charge in [-0.05, 0) is 63.7 Å². The predicted octanol–water partition coefficient (Wildman–Crippen LogP) is 11.4. The van der Waals surface area contributed by atoms with E-state index < -0.39 is 0 Å². The van der Waals surface area contributed by atoms with E-state index in [-0.39, 0.29) is 6.04 Å². The van der Waals surface area contributed by atoms with Gasteiger partial charge >= 0.3 is 0 Å². The number of fused-ring (bicyclic) bond motifs is 10. The minimum atomic E-state index is 0.0124. The van der Waals surface area contributed by atoms with Crippen molar-refractivity contribution >= 4 is 75.6 Å². The van der Waals surface area contributed by atoms with E-state index in [1.165, 1.54) is 58.3 Å². The van der Waals surface area contributed by atoms with E-state index >= 15 is 0 Å². The number of nitrogens with one attached hydrogen (secondary N) is 1. The monoisotopic (exact) mass is 631 g/mol. The first-order valence-electron chi connectivity index (χ1n) is 16.4. The summed E-state index contributed by atoms with van der Waals surface area (Å²) < 4.78 is 5.14. The van der Waals surface area contributed by atoms with Crippen molar-refractivity contribution in [3.63, 3.8) is 0 Å². The fraction of sp³-hybridized carbons (Fsp3) is 0.0227. The zero-order valence-electron chi connectivity index (χ0n) is 26.0. The largest absolute Gasteiger partial charge is 0.359 e. The molecule has 1 unspecified atom stereocenters. The first-order valence-corrected chi connectivity index (χ1v) is 17.2. The van der Waals surface area contributed by atoms with Gasteiger partial charge in [0.15, 0.2) is 0 Å². The van der Waals surface area contributed by atoms with Crippen molar-refractivity contribution in [1.29, 1.82) is 0 Å². The van der Waals surface area contributed by atoms with Gasteiger partial charge in [0.2, 0.25) is 0 Å². The maximum Gasteiger partial charge on any atom is 0.134 e. The van der Waals surface area contributed by atoms with Crippen LogP contribution in [0.25, 0.3) is 64.1 Å². The number of hydrogen-bond acceptors (Lipinski definition) is 3. The summed E-state index contributed by atoms with van der Waals surface area (Å²) in [4.78, 5) is 5.16. The van der Waals surface area contributed by atoms with Gasteiger partial charge in [-0.15, -0.1) is 11.3 Å². The number of aliphatic imine (C=N–C) groups is 1. The van der Waals surface area contributed by atoms with Gasteiger partial charge < -0.3 is 9.88 Å². The molecule has 1 N–H and O–H groups in total. The zero-order valence-corrected chi connectivity index (χ0v) is 26.8. The number of amidine groups is 1. The minimum Gasteiger partial charge on any atom is -0.359 e. The Labute approximate surface area is 281 Å². The highest BCUT2D eigenvalue weighted by Gasteiger charge is 2.23. The van der Waals surface area contributed by atoms with Gasteiger partial charge in [-0.3, -0.25) is 0 Å². The second-order valence-electron chi connectivity index (χ2n) is 12.4. The molecular formula is C44H29N3S. The van der Waals surface area contributed by atoms with Gasteiger partial charge in [0.05, 0.1) is 27.5 Å². The van der Waals surface area contributed by atoms with Crippen molar-refractivity contribution in [1.82, 2.24) is 9.88 Å². The van der Waals surface area contributed by atoms with E-state index in [0.717, 1.165) is 28.3 Å². The first kappa shape index (κ1) is 27.2. The van der Waals surface area contributed by atoms with E-state index in [9.17, 15) is 0 Å². The molecule has 3 nitrogen and oxygen atoms in total. The fourth-order valence-corrected chi connectivity index (χ4v) is 8.69. The summed E-state index contributed by atoms with van der Waals surface area (Å²) in [5.74, 6) is 0.872. The molecular weight excluding hydrogens is 603 g/mol. The Bertz CT molecular complexity index is 2730. The van der Waals surface area contributed by atoms with Gasteiger partial charge in [-0.1, -0.05) is 127 Å². The molecule has 0 aliphatic carbocycles. The molecule has 1 atom stereocenters. The van der Waals surface area contributed by atoms with Gasteiger partial charge in [0.1, 0.15) is 5.84 Å². The van der Waals surface area contributed by atoms with Crippen LogP contribution in [0.5, 0.6) is 0 Å². The van der Waals surface area contributed by atoms with Crippen LogP contribution in [0.3, 0.4) is 0 Å². The Kier molecular flexibility index (Phi) is 6.11. The van der Waals surface area contributed by atoms with E-state index in [0.29, 0.717) is 0 Å². The predicted molar refractivity (Wildman–Crippen MR) is 204 cm³/mol. The van der Waals surface area contributed by atoms with E-state index in [1.54, 1.807) is 0 Å². The third-order valence-corrected chi connectivity index (χ3v) is 10.8. The molecule has 0 saturated heterocycles. The lowest BCUT2D eigenvalue weighted by molar-refractivity contribution is 0.781. The summed E-state index contributed by atoms with van der Waals surface area (Å²) in [5, 5.41) is 11.5. The van der Waals surface area contributed by atoms with Crippen LogP contribution in [0.2, 0.25) is 0 Å². The van der Waals surface area contributed by atoms with E-state index in [4.69, 9.17) is 4.99 Å². The number of benzene rings is 7. The second kappa shape index (κ2) is 10.8. The quantitative estimate of drug-likeness (QED) is 0.192. The van der Waals surface area contributed by atoms with Crippen molar-refractivity contribution in [3.05, 3.63) is 180 Å². The number of nitrogens with zero attached hydrogens (tertiary/aromatic N) is 2. The molecule has 3 heterocycles. The maximum absolute atomic E-state index is 5.16. The van der Waals surface area contributed by atoms with Crippen molar-refractivity contribution < 1.29 is 0 Å². The van der Waals surface area contributed by atoms with Gasteiger partial charge in [0, 0.05) is 32.1 Å². The Morgan fingerprint density at radius 1 is 0.521 bits per heavy atom. The molecule has 0 spiro atoms. The minimum absolute atomic E-state index is 0.0124. The smallest absolute Gasteiger partial charge is 0.134 e. The molecule has 0 fully saturated rings. The maximum atomic E-state index is 5.16. The summed E-state index contributed by atoms with van der Waals surface area (Å²) in [6.45, 7) is 0. The molecule has 1 aliphatic heterocycles. The third-order valence-electron chi connectivity index (χ3n) is 9.63. The highest BCUT2D eigenvalue weighted by Crippen LogP contribution is 2.47. The normalized spacial score (nSPS) is 14.9. The summed E-state index contributed by atoms with van der Waals surface area (Å²) in [6.07, 6.45) is 2.22. The molecule has 0 amide bonds. The Morgan fingerprint density at radius 3 is 1.88 bits per heavy atom. The molecule has 1 aliphatic rings. The van der Waals surface area contributed by atoms with Crippen molar-refractivity contribution in [2.45, 2.75) is 6.04 Å². The van der Waals surface area contributed by atoms with E-state index in [2.05, 4.69) is 168 Å². The Balaban J connectivity index is 1.19. The molecule has 226 valence electrons. The highest BCUT2D eigenvalue weighted by molar-refractivity contribution is 7.26. The Hall–Kier alpha value is -5.97. The van der Waals surface area contributed by atoms with Crippen LogP contribution in [0.4, 0.5) is 0 Å². The number of aromatic nitrogens is 1. The van der Waals surface area contributed by atoms with Crippen LogP contribution in [-0.2, 0) is 0 Å². The molecule has 2 aromatic heterocycles. The summed E-state index contributed by atoms with van der Waals surface area (Å²) >= 11 is 1.90. The number of hydrogen-bond donors (Lipinski definition) is 1. The van der Waals surface area contributed by atoms with Gasteiger partial charge in [0.25, 0.3) is 0 Å². The van der Waals surface area contributed by atoms with E-state index in [1.807, 2.05) is 17.4 Å². The topological polar surface area (TPSA) is 29.3 Å². The average Bonchev–Trinajstić information content (AvgIpc) is 3.71. The second-order valence-corrected chi connectivity index (χ2v) is 13.4. The van der Waals surface area contributed by atoms with Crippen LogP contribution in [-0.4, -0.2) is 10.4 Å². The molecule has 9 aromatic rings. The van der Waals surface area contributed by atoms with Crippen LogP contribution in [0.1, 0.15) is 22.7 Å². The van der Waals surface area contributed by atoms with Crippen LogP contribution < -0.4 is 5.32 Å². The fourth-order valence-electron chi connectivity index (χ4n) is 7.44. The first-order chi connectivity index (χ1) is 23.8. The van der Waals surface area contributed by atoms with Crippen LogP contribution >= 0.6 is 11.3 Å². The lowest BCUT2D eigenvalue weighted by Gasteiger charge is -2.24. The zero-order chi connectivity index (χ0) is 31.6. The third kappa shape index (κ3) is 4.16. The molecule has 0 bridgehead atoms. The molecule has 0 radical (unpaired) electrons. The lowest BCUT2D eigenvalue weighted by atomic mass is 9.98. The summed E-state index contributed by atoms with van der Waals surface area (Å²) in [6, 6.07) is 56.5. The standard InChI is InChI=1S/C44H29N3S/c1-3-13-28(14-4-1)37-27-38(29-15-5-2-6-16-29)46-44(45-37)30-23-25-31(26-24-30)47-41-35-20-10-8-18-33(35)32-17-7-9-19-34(32)40(41)43-42(47)36-21-11-12-22-39(36)48-43/h1-27,37H,(H,45,46). The number of thiophene rings is 1. The Morgan fingerprint density at radius 2 is 1.12 bits per heavy atom. The molecule has 48 heavy (non-hydrogen) atoms. The summed E-state index contributed by atoms with van der Waals surface area (Å²) in [5.41, 5.74) is 8.01. The average molecular weight is 632 g/mol. The highest BCUT2D eigenvalue weighted by atomic mass is 32.1. The lowest BCUT2D eigenvalue weighted by Crippen LogP contribution is -2.31. The van der Waals surface area contributed by atoms with Crippen molar-refractivity contribution in [3.8, 4) is 5.69 Å². The van der Waals surface area contributed by atoms with Crippen LogP contribution in [0, 0.1) is 0 Å². The van der Waals surface area contributed by atoms with Crippen molar-refractivity contribution in [2.24, 2.45) is 4.99 Å². The molecule has 4 heteroatoms. The SMILES string of the molecule is C1=C(c2ccccc2)N=C(c2ccc(-n3c4c5ccccc5sc4c4c5ccccc5c5ccccc5c43)cc2)NC1c1ccccc1. The molecule has 7 aromatic carbocycles. The summed E-state index contributed by atoms with van der Waals surface area (Å²) in [7, 11) is 0.